The Morgan fingerprint density at radius 2 is 1.28 bits per heavy atom. The van der Waals surface area contributed by atoms with Gasteiger partial charge in [0.15, 0.2) is 0 Å². The molecule has 122 valence electrons. The zero-order valence-electron chi connectivity index (χ0n) is 14.5. The van der Waals surface area contributed by atoms with Crippen LogP contribution in [-0.2, 0) is 7.05 Å². The SMILES string of the molecule is Cc1ccccc1-c1cc(-c2ccc(-c3ccccc3)cc2)n(C)n1. The largest absolute Gasteiger partial charge is 0.267 e. The lowest BCUT2D eigenvalue weighted by Crippen LogP contribution is -1.94. The minimum absolute atomic E-state index is 1.02. The molecule has 2 nitrogen and oxygen atoms in total. The van der Waals surface area contributed by atoms with Crippen LogP contribution in [0.2, 0.25) is 0 Å². The van der Waals surface area contributed by atoms with Gasteiger partial charge in [-0.15, -0.1) is 0 Å². The average molecular weight is 324 g/mol. The van der Waals surface area contributed by atoms with Crippen molar-refractivity contribution in [2.45, 2.75) is 6.92 Å². The highest BCUT2D eigenvalue weighted by Gasteiger charge is 2.10. The molecular formula is C23H20N2. The summed E-state index contributed by atoms with van der Waals surface area (Å²) in [5.41, 5.74) is 8.21. The molecule has 4 aromatic rings. The quantitative estimate of drug-likeness (QED) is 0.470. The van der Waals surface area contributed by atoms with Gasteiger partial charge in [-0.25, -0.2) is 0 Å². The van der Waals surface area contributed by atoms with Crippen molar-refractivity contribution >= 4 is 0 Å². The van der Waals surface area contributed by atoms with Crippen molar-refractivity contribution in [3.05, 3.63) is 90.5 Å². The van der Waals surface area contributed by atoms with Gasteiger partial charge < -0.3 is 0 Å². The van der Waals surface area contributed by atoms with E-state index in [0.717, 1.165) is 11.4 Å². The van der Waals surface area contributed by atoms with Crippen LogP contribution >= 0.6 is 0 Å². The average Bonchev–Trinajstić information content (AvgIpc) is 3.04. The minimum atomic E-state index is 1.02. The Labute approximate surface area is 148 Å². The first-order valence-corrected chi connectivity index (χ1v) is 8.48. The van der Waals surface area contributed by atoms with Crippen LogP contribution in [-0.4, -0.2) is 9.78 Å². The Hall–Kier alpha value is -3.13. The molecule has 0 N–H and O–H groups in total. The summed E-state index contributed by atoms with van der Waals surface area (Å²) in [6, 6.07) is 29.7. The predicted molar refractivity (Wildman–Crippen MR) is 104 cm³/mol. The summed E-state index contributed by atoms with van der Waals surface area (Å²) in [6.07, 6.45) is 0. The Bertz CT molecular complexity index is 996. The molecule has 25 heavy (non-hydrogen) atoms. The molecule has 0 saturated carbocycles. The van der Waals surface area contributed by atoms with E-state index in [1.807, 2.05) is 17.8 Å². The number of benzene rings is 3. The molecule has 0 saturated heterocycles. The van der Waals surface area contributed by atoms with E-state index in [4.69, 9.17) is 5.10 Å². The van der Waals surface area contributed by atoms with Crippen LogP contribution < -0.4 is 0 Å². The van der Waals surface area contributed by atoms with E-state index in [1.165, 1.54) is 27.8 Å². The number of nitrogens with zero attached hydrogens (tertiary/aromatic N) is 2. The Morgan fingerprint density at radius 3 is 2.00 bits per heavy atom. The van der Waals surface area contributed by atoms with Gasteiger partial charge in [0.25, 0.3) is 0 Å². The summed E-state index contributed by atoms with van der Waals surface area (Å²) in [5.74, 6) is 0. The normalized spacial score (nSPS) is 10.8. The number of rotatable bonds is 3. The van der Waals surface area contributed by atoms with Crippen molar-refractivity contribution < 1.29 is 0 Å². The fourth-order valence-corrected chi connectivity index (χ4v) is 3.19. The van der Waals surface area contributed by atoms with Crippen molar-refractivity contribution in [3.63, 3.8) is 0 Å². The molecule has 2 heteroatoms. The van der Waals surface area contributed by atoms with E-state index >= 15 is 0 Å². The molecule has 1 heterocycles. The molecule has 1 aromatic heterocycles. The van der Waals surface area contributed by atoms with Gasteiger partial charge in [0.2, 0.25) is 0 Å². The highest BCUT2D eigenvalue weighted by molar-refractivity contribution is 5.73. The molecule has 0 aliphatic rings. The second-order valence-corrected chi connectivity index (χ2v) is 6.30. The van der Waals surface area contributed by atoms with Crippen molar-refractivity contribution in [1.29, 1.82) is 0 Å². The van der Waals surface area contributed by atoms with Crippen LogP contribution in [0, 0.1) is 6.92 Å². The van der Waals surface area contributed by atoms with Gasteiger partial charge in [-0.3, -0.25) is 4.68 Å². The molecule has 0 amide bonds. The predicted octanol–water partition coefficient (Wildman–Crippen LogP) is 5.73. The van der Waals surface area contributed by atoms with E-state index in [-0.39, 0.29) is 0 Å². The standard InChI is InChI=1S/C23H20N2/c1-17-8-6-7-11-21(17)22-16-23(25(2)24-22)20-14-12-19(13-15-20)18-9-4-3-5-10-18/h3-16H,1-2H3. The van der Waals surface area contributed by atoms with E-state index in [0.29, 0.717) is 0 Å². The first kappa shape index (κ1) is 15.4. The molecule has 0 bridgehead atoms. The minimum Gasteiger partial charge on any atom is -0.267 e. The lowest BCUT2D eigenvalue weighted by Gasteiger charge is -2.05. The Morgan fingerprint density at radius 1 is 0.680 bits per heavy atom. The molecule has 0 spiro atoms. The zero-order chi connectivity index (χ0) is 17.2. The Balaban J connectivity index is 1.70. The van der Waals surface area contributed by atoms with Gasteiger partial charge in [-0.2, -0.15) is 5.10 Å². The molecule has 4 rings (SSSR count). The van der Waals surface area contributed by atoms with Crippen LogP contribution in [0.15, 0.2) is 84.9 Å². The van der Waals surface area contributed by atoms with Crippen LogP contribution in [0.3, 0.4) is 0 Å². The van der Waals surface area contributed by atoms with Crippen LogP contribution in [0.5, 0.6) is 0 Å². The lowest BCUT2D eigenvalue weighted by molar-refractivity contribution is 0.779. The number of hydrogen-bond acceptors (Lipinski definition) is 1. The first-order valence-electron chi connectivity index (χ1n) is 8.48. The third-order valence-electron chi connectivity index (χ3n) is 4.59. The summed E-state index contributed by atoms with van der Waals surface area (Å²) in [7, 11) is 2.00. The van der Waals surface area contributed by atoms with E-state index in [9.17, 15) is 0 Å². The van der Waals surface area contributed by atoms with Crippen LogP contribution in [0.1, 0.15) is 5.56 Å². The second kappa shape index (κ2) is 6.40. The second-order valence-electron chi connectivity index (χ2n) is 6.30. The summed E-state index contributed by atoms with van der Waals surface area (Å²) < 4.78 is 1.96. The lowest BCUT2D eigenvalue weighted by atomic mass is 10.0. The fraction of sp³-hybridized carbons (Fsp3) is 0.0870. The molecule has 0 unspecified atom stereocenters. The third-order valence-corrected chi connectivity index (χ3v) is 4.59. The van der Waals surface area contributed by atoms with Crippen molar-refractivity contribution in [2.24, 2.45) is 7.05 Å². The maximum atomic E-state index is 4.72. The van der Waals surface area contributed by atoms with Gasteiger partial charge in [-0.05, 0) is 35.2 Å². The van der Waals surface area contributed by atoms with Crippen molar-refractivity contribution in [2.75, 3.05) is 0 Å². The highest BCUT2D eigenvalue weighted by atomic mass is 15.3. The van der Waals surface area contributed by atoms with Crippen molar-refractivity contribution in [1.82, 2.24) is 9.78 Å². The molecule has 0 aliphatic heterocycles. The van der Waals surface area contributed by atoms with Gasteiger partial charge in [0.1, 0.15) is 0 Å². The van der Waals surface area contributed by atoms with Gasteiger partial charge >= 0.3 is 0 Å². The fourth-order valence-electron chi connectivity index (χ4n) is 3.19. The van der Waals surface area contributed by atoms with Gasteiger partial charge in [0, 0.05) is 12.6 Å². The summed E-state index contributed by atoms with van der Waals surface area (Å²) in [5, 5.41) is 4.72. The number of hydrogen-bond donors (Lipinski definition) is 0. The highest BCUT2D eigenvalue weighted by Crippen LogP contribution is 2.29. The smallest absolute Gasteiger partial charge is 0.0932 e. The maximum absolute atomic E-state index is 4.72. The number of aryl methyl sites for hydroxylation is 2. The molecule has 0 aliphatic carbocycles. The van der Waals surface area contributed by atoms with E-state index in [2.05, 4.69) is 85.8 Å². The topological polar surface area (TPSA) is 17.8 Å². The first-order chi connectivity index (χ1) is 12.2. The Kier molecular flexibility index (Phi) is 3.95. The zero-order valence-corrected chi connectivity index (χ0v) is 14.5. The molecule has 0 fully saturated rings. The molecule has 0 atom stereocenters. The summed E-state index contributed by atoms with van der Waals surface area (Å²) in [4.78, 5) is 0. The molecule has 0 radical (unpaired) electrons. The van der Waals surface area contributed by atoms with Crippen LogP contribution in [0.25, 0.3) is 33.6 Å². The number of aromatic nitrogens is 2. The van der Waals surface area contributed by atoms with Crippen molar-refractivity contribution in [3.8, 4) is 33.6 Å². The summed E-state index contributed by atoms with van der Waals surface area (Å²) >= 11 is 0. The van der Waals surface area contributed by atoms with E-state index in [1.54, 1.807) is 0 Å². The third kappa shape index (κ3) is 2.99. The van der Waals surface area contributed by atoms with Crippen LogP contribution in [0.4, 0.5) is 0 Å². The maximum Gasteiger partial charge on any atom is 0.0932 e. The molecular weight excluding hydrogens is 304 g/mol. The monoisotopic (exact) mass is 324 g/mol. The summed E-state index contributed by atoms with van der Waals surface area (Å²) in [6.45, 7) is 2.12. The molecule has 3 aromatic carbocycles. The van der Waals surface area contributed by atoms with Gasteiger partial charge in [0.05, 0.1) is 11.4 Å². The van der Waals surface area contributed by atoms with E-state index < -0.39 is 0 Å². The van der Waals surface area contributed by atoms with Gasteiger partial charge in [-0.1, -0.05) is 78.9 Å².